The molecule has 1 heterocycles. The number of hydrogen-bond donors (Lipinski definition) is 1. The zero-order valence-corrected chi connectivity index (χ0v) is 16.5. The van der Waals surface area contributed by atoms with Gasteiger partial charge in [0.2, 0.25) is 17.7 Å². The summed E-state index contributed by atoms with van der Waals surface area (Å²) in [7, 11) is 0. The highest BCUT2D eigenvalue weighted by Crippen LogP contribution is 2.60. The van der Waals surface area contributed by atoms with Gasteiger partial charge in [-0.3, -0.25) is 14.4 Å². The van der Waals surface area contributed by atoms with Crippen LogP contribution >= 0.6 is 0 Å². The van der Waals surface area contributed by atoms with Crippen molar-refractivity contribution in [1.82, 2.24) is 15.1 Å². The first-order chi connectivity index (χ1) is 13.0. The molecule has 5 fully saturated rings. The number of amides is 3. The van der Waals surface area contributed by atoms with Gasteiger partial charge in [-0.1, -0.05) is 6.92 Å². The Hall–Kier alpha value is -1.59. The van der Waals surface area contributed by atoms with E-state index in [1.165, 1.54) is 19.3 Å². The average molecular weight is 376 g/mol. The minimum Gasteiger partial charge on any atom is -0.347 e. The van der Waals surface area contributed by atoms with Crippen LogP contribution in [0.2, 0.25) is 0 Å². The molecule has 6 nitrogen and oxygen atoms in total. The predicted molar refractivity (Wildman–Crippen MR) is 102 cm³/mol. The van der Waals surface area contributed by atoms with Gasteiger partial charge in [-0.25, -0.2) is 0 Å². The number of rotatable bonds is 5. The van der Waals surface area contributed by atoms with E-state index in [1.54, 1.807) is 4.90 Å². The zero-order chi connectivity index (χ0) is 19.0. The maximum atomic E-state index is 13.4. The van der Waals surface area contributed by atoms with E-state index in [2.05, 4.69) is 5.32 Å². The fourth-order valence-electron chi connectivity index (χ4n) is 6.47. The summed E-state index contributed by atoms with van der Waals surface area (Å²) in [5.74, 6) is 2.58. The van der Waals surface area contributed by atoms with Gasteiger partial charge in [-0.05, 0) is 62.7 Å². The smallest absolute Gasteiger partial charge is 0.242 e. The van der Waals surface area contributed by atoms with E-state index in [0.717, 1.165) is 43.4 Å². The minimum absolute atomic E-state index is 0.0404. The molecular formula is C21H33N3O3. The predicted octanol–water partition coefficient (Wildman–Crippen LogP) is 1.79. The Bertz CT molecular complexity index is 575. The van der Waals surface area contributed by atoms with Crippen LogP contribution in [0.4, 0.5) is 0 Å². The van der Waals surface area contributed by atoms with Gasteiger partial charge in [0.1, 0.15) is 0 Å². The molecule has 0 aromatic rings. The molecule has 4 aliphatic carbocycles. The van der Waals surface area contributed by atoms with Crippen molar-refractivity contribution in [2.24, 2.45) is 23.2 Å². The van der Waals surface area contributed by atoms with Crippen molar-refractivity contribution in [3.8, 4) is 0 Å². The molecule has 1 saturated heterocycles. The van der Waals surface area contributed by atoms with E-state index in [-0.39, 0.29) is 23.8 Å². The summed E-state index contributed by atoms with van der Waals surface area (Å²) in [6.45, 7) is 4.45. The lowest BCUT2D eigenvalue weighted by molar-refractivity contribution is -0.160. The lowest BCUT2D eigenvalue weighted by Crippen LogP contribution is -2.59. The van der Waals surface area contributed by atoms with Gasteiger partial charge in [0.25, 0.3) is 0 Å². The Morgan fingerprint density at radius 2 is 1.41 bits per heavy atom. The Morgan fingerprint density at radius 1 is 0.889 bits per heavy atom. The number of nitrogens with zero attached hydrogens (tertiary/aromatic N) is 2. The van der Waals surface area contributed by atoms with Gasteiger partial charge in [0.15, 0.2) is 0 Å². The first kappa shape index (κ1) is 18.8. The summed E-state index contributed by atoms with van der Waals surface area (Å²) in [5, 5.41) is 2.69. The Labute approximate surface area is 162 Å². The van der Waals surface area contributed by atoms with Crippen molar-refractivity contribution in [1.29, 1.82) is 0 Å². The lowest BCUT2D eigenvalue weighted by Gasteiger charge is -2.57. The van der Waals surface area contributed by atoms with E-state index in [9.17, 15) is 14.4 Å². The van der Waals surface area contributed by atoms with Crippen molar-refractivity contribution < 1.29 is 14.4 Å². The van der Waals surface area contributed by atoms with Crippen molar-refractivity contribution >= 4 is 17.7 Å². The Balaban J connectivity index is 1.29. The maximum Gasteiger partial charge on any atom is 0.242 e. The molecule has 1 aliphatic heterocycles. The SMILES string of the molecule is CCCC(=O)NCC(=O)N1CCN(C(=O)C23CC4CC(CC(C4)C2)C3)CC1. The number of carbonyl (C=O) groups is 3. The molecule has 4 bridgehead atoms. The average Bonchev–Trinajstić information content (AvgIpc) is 2.65. The third kappa shape index (κ3) is 3.72. The van der Waals surface area contributed by atoms with Crippen LogP contribution < -0.4 is 5.32 Å². The third-order valence-electron chi connectivity index (χ3n) is 7.33. The molecule has 0 radical (unpaired) electrons. The molecule has 1 N–H and O–H groups in total. The van der Waals surface area contributed by atoms with Crippen LogP contribution in [0.3, 0.4) is 0 Å². The van der Waals surface area contributed by atoms with Crippen molar-refractivity contribution in [2.75, 3.05) is 32.7 Å². The van der Waals surface area contributed by atoms with Crippen LogP contribution in [-0.2, 0) is 14.4 Å². The van der Waals surface area contributed by atoms with Crippen LogP contribution in [0.5, 0.6) is 0 Å². The van der Waals surface area contributed by atoms with E-state index in [1.807, 2.05) is 11.8 Å². The summed E-state index contributed by atoms with van der Waals surface area (Å²) in [6.07, 6.45) is 8.57. The van der Waals surface area contributed by atoms with Crippen LogP contribution in [-0.4, -0.2) is 60.2 Å². The number of hydrogen-bond acceptors (Lipinski definition) is 3. The highest BCUT2D eigenvalue weighted by atomic mass is 16.2. The molecule has 4 saturated carbocycles. The summed E-state index contributed by atoms with van der Waals surface area (Å²) in [6, 6.07) is 0. The summed E-state index contributed by atoms with van der Waals surface area (Å²) in [5.41, 5.74) is -0.0882. The molecule has 0 atom stereocenters. The largest absolute Gasteiger partial charge is 0.347 e. The quantitative estimate of drug-likeness (QED) is 0.796. The molecule has 5 rings (SSSR count). The monoisotopic (exact) mass is 375 g/mol. The molecule has 5 aliphatic rings. The first-order valence-corrected chi connectivity index (χ1v) is 10.8. The zero-order valence-electron chi connectivity index (χ0n) is 16.5. The van der Waals surface area contributed by atoms with Gasteiger partial charge >= 0.3 is 0 Å². The van der Waals surface area contributed by atoms with E-state index in [4.69, 9.17) is 0 Å². The van der Waals surface area contributed by atoms with Gasteiger partial charge < -0.3 is 15.1 Å². The van der Waals surface area contributed by atoms with E-state index in [0.29, 0.717) is 38.5 Å². The van der Waals surface area contributed by atoms with Crippen molar-refractivity contribution in [3.63, 3.8) is 0 Å². The number of piperazine rings is 1. The third-order valence-corrected chi connectivity index (χ3v) is 7.33. The van der Waals surface area contributed by atoms with Crippen molar-refractivity contribution in [3.05, 3.63) is 0 Å². The second kappa shape index (κ2) is 7.44. The van der Waals surface area contributed by atoms with E-state index >= 15 is 0 Å². The molecule has 0 aromatic carbocycles. The normalized spacial score (nSPS) is 34.6. The van der Waals surface area contributed by atoms with Crippen molar-refractivity contribution in [2.45, 2.75) is 58.3 Å². The number of carbonyl (C=O) groups excluding carboxylic acids is 3. The van der Waals surface area contributed by atoms with Gasteiger partial charge in [0.05, 0.1) is 12.0 Å². The first-order valence-electron chi connectivity index (χ1n) is 10.8. The minimum atomic E-state index is -0.0882. The number of nitrogens with one attached hydrogen (secondary N) is 1. The topological polar surface area (TPSA) is 69.7 Å². The Morgan fingerprint density at radius 3 is 1.93 bits per heavy atom. The molecule has 0 spiro atoms. The molecule has 150 valence electrons. The summed E-state index contributed by atoms with van der Waals surface area (Å²) in [4.78, 5) is 41.0. The van der Waals surface area contributed by atoms with Gasteiger partial charge in [0, 0.05) is 32.6 Å². The fraction of sp³-hybridized carbons (Fsp3) is 0.857. The van der Waals surface area contributed by atoms with E-state index < -0.39 is 0 Å². The van der Waals surface area contributed by atoms with Gasteiger partial charge in [-0.2, -0.15) is 0 Å². The molecule has 0 aromatic heterocycles. The maximum absolute atomic E-state index is 13.4. The molecular weight excluding hydrogens is 342 g/mol. The van der Waals surface area contributed by atoms with Gasteiger partial charge in [-0.15, -0.1) is 0 Å². The fourth-order valence-corrected chi connectivity index (χ4v) is 6.47. The molecule has 0 unspecified atom stereocenters. The summed E-state index contributed by atoms with van der Waals surface area (Å²) >= 11 is 0. The van der Waals surface area contributed by atoms with Crippen LogP contribution in [0, 0.1) is 23.2 Å². The Kier molecular flexibility index (Phi) is 5.17. The highest BCUT2D eigenvalue weighted by Gasteiger charge is 2.55. The second-order valence-corrected chi connectivity index (χ2v) is 9.40. The van der Waals surface area contributed by atoms with Crippen LogP contribution in [0.25, 0.3) is 0 Å². The highest BCUT2D eigenvalue weighted by molar-refractivity contribution is 5.86. The molecule has 3 amide bonds. The van der Waals surface area contributed by atoms with Crippen LogP contribution in [0.1, 0.15) is 58.3 Å². The molecule has 27 heavy (non-hydrogen) atoms. The molecule has 6 heteroatoms. The van der Waals surface area contributed by atoms with Crippen LogP contribution in [0.15, 0.2) is 0 Å². The lowest BCUT2D eigenvalue weighted by atomic mass is 9.49. The second-order valence-electron chi connectivity index (χ2n) is 9.40. The summed E-state index contributed by atoms with van der Waals surface area (Å²) < 4.78 is 0. The standard InChI is InChI=1S/C21H33N3O3/c1-2-3-18(25)22-14-19(26)23-4-6-24(7-5-23)20(27)21-11-15-8-16(12-21)10-17(9-15)13-21/h15-17H,2-14H2,1H3,(H,22,25).